The van der Waals surface area contributed by atoms with Crippen molar-refractivity contribution in [3.63, 3.8) is 0 Å². The number of anilines is 1. The number of carbonyl (C=O) groups excluding carboxylic acids is 1. The summed E-state index contributed by atoms with van der Waals surface area (Å²) in [5.41, 5.74) is 3.62. The van der Waals surface area contributed by atoms with Gasteiger partial charge in [-0.2, -0.15) is 10.2 Å². The first-order valence-electron chi connectivity index (χ1n) is 9.43. The molecule has 0 unspecified atom stereocenters. The summed E-state index contributed by atoms with van der Waals surface area (Å²) in [4.78, 5) is 24.8. The Labute approximate surface area is 172 Å². The highest BCUT2D eigenvalue weighted by Gasteiger charge is 2.15. The largest absolute Gasteiger partial charge is 0.422 e. The van der Waals surface area contributed by atoms with Crippen LogP contribution in [0, 0.1) is 13.8 Å². The number of hydrogen-bond donors (Lipinski definition) is 1. The molecule has 0 atom stereocenters. The van der Waals surface area contributed by atoms with Crippen LogP contribution in [0.4, 0.5) is 17.1 Å². The number of benzene rings is 3. The highest BCUT2D eigenvalue weighted by atomic mass is 16.4. The van der Waals surface area contributed by atoms with Crippen LogP contribution in [0.3, 0.4) is 0 Å². The number of amides is 1. The lowest BCUT2D eigenvalue weighted by atomic mass is 10.1. The van der Waals surface area contributed by atoms with Gasteiger partial charge in [0, 0.05) is 11.1 Å². The van der Waals surface area contributed by atoms with Crippen molar-refractivity contribution in [2.24, 2.45) is 10.2 Å². The minimum Gasteiger partial charge on any atom is -0.422 e. The average molecular weight is 397 g/mol. The third kappa shape index (κ3) is 4.03. The van der Waals surface area contributed by atoms with Gasteiger partial charge in [-0.25, -0.2) is 4.79 Å². The third-order valence-corrected chi connectivity index (χ3v) is 4.73. The van der Waals surface area contributed by atoms with E-state index >= 15 is 0 Å². The van der Waals surface area contributed by atoms with Crippen LogP contribution in [-0.2, 0) is 0 Å². The number of azo groups is 1. The average Bonchev–Trinajstić information content (AvgIpc) is 2.74. The van der Waals surface area contributed by atoms with Crippen LogP contribution < -0.4 is 10.9 Å². The number of nitrogens with one attached hydrogen (secondary N) is 1. The molecule has 6 nitrogen and oxygen atoms in total. The lowest BCUT2D eigenvalue weighted by Gasteiger charge is -2.09. The van der Waals surface area contributed by atoms with E-state index in [1.165, 1.54) is 6.07 Å². The molecule has 1 amide bonds. The maximum Gasteiger partial charge on any atom is 0.349 e. The van der Waals surface area contributed by atoms with Gasteiger partial charge in [0.1, 0.15) is 11.1 Å². The number of aryl methyl sites for hydroxylation is 2. The van der Waals surface area contributed by atoms with Crippen LogP contribution in [0.5, 0.6) is 0 Å². The Balaban J connectivity index is 1.55. The molecule has 0 radical (unpaired) electrons. The predicted molar refractivity (Wildman–Crippen MR) is 117 cm³/mol. The predicted octanol–water partition coefficient (Wildman–Crippen LogP) is 6.08. The standard InChI is InChI=1S/C24H19N3O3/c1-15-7-3-5-9-21(15)27-26-18-11-12-20(16(2)13-18)25-23(28)19-14-17-8-4-6-10-22(17)30-24(19)29/h3-14H,1-2H3,(H,25,28). The highest BCUT2D eigenvalue weighted by molar-refractivity contribution is 6.05. The van der Waals surface area contributed by atoms with Gasteiger partial charge >= 0.3 is 5.63 Å². The summed E-state index contributed by atoms with van der Waals surface area (Å²) in [6.07, 6.45) is 0. The molecule has 30 heavy (non-hydrogen) atoms. The van der Waals surface area contributed by atoms with E-state index in [9.17, 15) is 9.59 Å². The molecule has 0 saturated carbocycles. The number of rotatable bonds is 4. The highest BCUT2D eigenvalue weighted by Crippen LogP contribution is 2.25. The van der Waals surface area contributed by atoms with Gasteiger partial charge in [0.2, 0.25) is 0 Å². The molecule has 0 fully saturated rings. The second-order valence-electron chi connectivity index (χ2n) is 6.93. The van der Waals surface area contributed by atoms with Crippen LogP contribution in [0.15, 0.2) is 92.2 Å². The molecule has 6 heteroatoms. The Kier molecular flexibility index (Phi) is 5.22. The van der Waals surface area contributed by atoms with Crippen molar-refractivity contribution in [2.75, 3.05) is 5.32 Å². The van der Waals surface area contributed by atoms with E-state index in [4.69, 9.17) is 4.42 Å². The van der Waals surface area contributed by atoms with Gasteiger partial charge in [-0.3, -0.25) is 4.79 Å². The van der Waals surface area contributed by atoms with Gasteiger partial charge in [-0.15, -0.1) is 0 Å². The first-order valence-corrected chi connectivity index (χ1v) is 9.43. The van der Waals surface area contributed by atoms with Gasteiger partial charge in [0.05, 0.1) is 11.4 Å². The van der Waals surface area contributed by atoms with Crippen LogP contribution >= 0.6 is 0 Å². The van der Waals surface area contributed by atoms with E-state index < -0.39 is 11.5 Å². The zero-order chi connectivity index (χ0) is 21.1. The van der Waals surface area contributed by atoms with E-state index in [0.717, 1.165) is 16.8 Å². The summed E-state index contributed by atoms with van der Waals surface area (Å²) in [7, 11) is 0. The number of carbonyl (C=O) groups is 1. The molecule has 0 aliphatic rings. The van der Waals surface area contributed by atoms with Crippen molar-refractivity contribution in [2.45, 2.75) is 13.8 Å². The molecule has 4 rings (SSSR count). The molecule has 0 bridgehead atoms. The van der Waals surface area contributed by atoms with Crippen LogP contribution in [0.1, 0.15) is 21.5 Å². The SMILES string of the molecule is Cc1ccccc1N=Nc1ccc(NC(=O)c2cc3ccccc3oc2=O)c(C)c1. The Morgan fingerprint density at radius 2 is 1.63 bits per heavy atom. The Morgan fingerprint density at radius 1 is 0.867 bits per heavy atom. The van der Waals surface area contributed by atoms with E-state index in [1.54, 1.807) is 30.3 Å². The fraction of sp³-hybridized carbons (Fsp3) is 0.0833. The molecule has 4 aromatic rings. The minimum absolute atomic E-state index is 0.0450. The van der Waals surface area contributed by atoms with Gasteiger partial charge in [-0.1, -0.05) is 36.4 Å². The summed E-state index contributed by atoms with van der Waals surface area (Å²) in [6.45, 7) is 3.83. The first-order chi connectivity index (χ1) is 14.5. The second-order valence-corrected chi connectivity index (χ2v) is 6.93. The molecule has 1 aromatic heterocycles. The zero-order valence-corrected chi connectivity index (χ0v) is 16.5. The molecular formula is C24H19N3O3. The molecule has 0 aliphatic heterocycles. The van der Waals surface area contributed by atoms with Gasteiger partial charge < -0.3 is 9.73 Å². The minimum atomic E-state index is -0.674. The van der Waals surface area contributed by atoms with E-state index in [0.29, 0.717) is 22.3 Å². The summed E-state index contributed by atoms with van der Waals surface area (Å²) in [5, 5.41) is 12.0. The van der Waals surface area contributed by atoms with Crippen molar-refractivity contribution in [1.82, 2.24) is 0 Å². The van der Waals surface area contributed by atoms with Crippen molar-refractivity contribution in [1.29, 1.82) is 0 Å². The molecule has 0 saturated heterocycles. The lowest BCUT2D eigenvalue weighted by molar-refractivity contribution is 0.102. The molecule has 148 valence electrons. The van der Waals surface area contributed by atoms with Gasteiger partial charge in [0.25, 0.3) is 5.91 Å². The van der Waals surface area contributed by atoms with Gasteiger partial charge in [-0.05, 0) is 61.4 Å². The smallest absolute Gasteiger partial charge is 0.349 e. The number of hydrogen-bond acceptors (Lipinski definition) is 5. The van der Waals surface area contributed by atoms with Crippen LogP contribution in [0.25, 0.3) is 11.0 Å². The molecule has 0 aliphatic carbocycles. The third-order valence-electron chi connectivity index (χ3n) is 4.73. The maximum atomic E-state index is 12.7. The van der Waals surface area contributed by atoms with E-state index in [1.807, 2.05) is 50.2 Å². The second kappa shape index (κ2) is 8.13. The fourth-order valence-electron chi connectivity index (χ4n) is 3.05. The first kappa shape index (κ1) is 19.3. The number of para-hydroxylation sites is 1. The summed E-state index contributed by atoms with van der Waals surface area (Å²) < 4.78 is 5.24. The molecule has 3 aromatic carbocycles. The Morgan fingerprint density at radius 3 is 2.43 bits per heavy atom. The Bertz CT molecular complexity index is 1340. The number of nitrogens with zero attached hydrogens (tertiary/aromatic N) is 2. The van der Waals surface area contributed by atoms with Crippen molar-refractivity contribution in [3.05, 3.63) is 99.9 Å². The summed E-state index contributed by atoms with van der Waals surface area (Å²) in [6, 6.07) is 21.6. The zero-order valence-electron chi connectivity index (χ0n) is 16.5. The molecular weight excluding hydrogens is 378 g/mol. The summed E-state index contributed by atoms with van der Waals surface area (Å²) >= 11 is 0. The van der Waals surface area contributed by atoms with E-state index in [-0.39, 0.29) is 5.56 Å². The fourth-order valence-corrected chi connectivity index (χ4v) is 3.05. The van der Waals surface area contributed by atoms with Crippen LogP contribution in [-0.4, -0.2) is 5.91 Å². The Hall–Kier alpha value is -4.06. The normalized spacial score (nSPS) is 11.1. The van der Waals surface area contributed by atoms with Gasteiger partial charge in [0.15, 0.2) is 0 Å². The number of fused-ring (bicyclic) bond motifs is 1. The quantitative estimate of drug-likeness (QED) is 0.335. The molecule has 1 N–H and O–H groups in total. The lowest BCUT2D eigenvalue weighted by Crippen LogP contribution is -2.21. The molecule has 0 spiro atoms. The van der Waals surface area contributed by atoms with Crippen molar-refractivity contribution >= 4 is 33.9 Å². The van der Waals surface area contributed by atoms with Crippen LogP contribution in [0.2, 0.25) is 0 Å². The monoisotopic (exact) mass is 397 g/mol. The summed E-state index contributed by atoms with van der Waals surface area (Å²) in [5.74, 6) is -0.521. The topological polar surface area (TPSA) is 84.0 Å². The van der Waals surface area contributed by atoms with Crippen molar-refractivity contribution < 1.29 is 9.21 Å². The molecule has 1 heterocycles. The van der Waals surface area contributed by atoms with Crippen molar-refractivity contribution in [3.8, 4) is 0 Å². The van der Waals surface area contributed by atoms with E-state index in [2.05, 4.69) is 15.5 Å². The maximum absolute atomic E-state index is 12.7.